The van der Waals surface area contributed by atoms with Gasteiger partial charge in [0.15, 0.2) is 0 Å². The zero-order chi connectivity index (χ0) is 13.8. The topological polar surface area (TPSA) is 47.2 Å². The molecule has 5 heteroatoms. The van der Waals surface area contributed by atoms with Crippen LogP contribution in [0.3, 0.4) is 0 Å². The fourth-order valence-electron chi connectivity index (χ4n) is 1.62. The molecule has 0 saturated carbocycles. The van der Waals surface area contributed by atoms with Crippen LogP contribution >= 0.6 is 11.6 Å². The first-order valence-corrected chi connectivity index (χ1v) is 6.33. The molecule has 0 atom stereocenters. The van der Waals surface area contributed by atoms with Crippen LogP contribution in [0.1, 0.15) is 24.2 Å². The van der Waals surface area contributed by atoms with Gasteiger partial charge in [0.2, 0.25) is 0 Å². The lowest BCUT2D eigenvalue weighted by Crippen LogP contribution is -2.28. The zero-order valence-corrected chi connectivity index (χ0v) is 11.5. The maximum absolute atomic E-state index is 12.4. The second-order valence-electron chi connectivity index (χ2n) is 4.33. The summed E-state index contributed by atoms with van der Waals surface area (Å²) in [4.78, 5) is 20.7. The monoisotopic (exact) mass is 275 g/mol. The van der Waals surface area contributed by atoms with Crippen molar-refractivity contribution in [3.63, 3.8) is 0 Å². The van der Waals surface area contributed by atoms with Crippen LogP contribution in [0.25, 0.3) is 0 Å². The van der Waals surface area contributed by atoms with Crippen molar-refractivity contribution in [2.45, 2.75) is 19.9 Å². The Morgan fingerprint density at radius 3 is 2.74 bits per heavy atom. The van der Waals surface area contributed by atoms with Crippen LogP contribution in [0.4, 0.5) is 0 Å². The third kappa shape index (κ3) is 3.29. The molecule has 19 heavy (non-hydrogen) atoms. The largest absolute Gasteiger partial charge is 0.268 e. The van der Waals surface area contributed by atoms with Gasteiger partial charge in [-0.2, -0.15) is 0 Å². The van der Waals surface area contributed by atoms with Gasteiger partial charge in [0, 0.05) is 18.4 Å². The van der Waals surface area contributed by atoms with Gasteiger partial charge in [-0.25, -0.2) is 4.98 Å². The number of rotatable bonds is 2. The van der Waals surface area contributed by atoms with E-state index in [1.54, 1.807) is 30.5 Å². The van der Waals surface area contributed by atoms with Crippen molar-refractivity contribution >= 4 is 17.5 Å². The fourth-order valence-corrected chi connectivity index (χ4v) is 1.73. The van der Waals surface area contributed by atoms with Crippen molar-refractivity contribution in [1.29, 1.82) is 0 Å². The molecule has 0 N–H and O–H groups in total. The van der Waals surface area contributed by atoms with Gasteiger partial charge in [0.1, 0.15) is 10.6 Å². The molecule has 2 heterocycles. The van der Waals surface area contributed by atoms with Gasteiger partial charge in [0.05, 0.1) is 5.56 Å². The summed E-state index contributed by atoms with van der Waals surface area (Å²) < 4.78 is 1.50. The van der Waals surface area contributed by atoms with Crippen molar-refractivity contribution in [2.24, 2.45) is 4.99 Å². The summed E-state index contributed by atoms with van der Waals surface area (Å²) in [5.74, 6) is -0.177. The second kappa shape index (κ2) is 5.80. The van der Waals surface area contributed by atoms with Crippen molar-refractivity contribution in [3.8, 4) is 0 Å². The summed E-state index contributed by atoms with van der Waals surface area (Å²) in [5.41, 5.74) is 1.10. The zero-order valence-electron chi connectivity index (χ0n) is 10.7. The standard InChI is InChI=1S/C14H14ClN3O/c1-10(2)17-13-5-3-4-8-18(13)14(19)11-6-7-12(15)16-9-11/h3-10H,1-2H3. The van der Waals surface area contributed by atoms with E-state index in [-0.39, 0.29) is 11.9 Å². The molecule has 0 aliphatic heterocycles. The highest BCUT2D eigenvalue weighted by Crippen LogP contribution is 2.06. The molecule has 2 aromatic heterocycles. The minimum Gasteiger partial charge on any atom is -0.268 e. The summed E-state index contributed by atoms with van der Waals surface area (Å²) in [6, 6.07) is 8.81. The SMILES string of the molecule is CC(C)N=c1ccccn1C(=O)c1ccc(Cl)nc1. The number of halogens is 1. The van der Waals surface area contributed by atoms with E-state index in [9.17, 15) is 4.79 Å². The van der Waals surface area contributed by atoms with Crippen molar-refractivity contribution in [3.05, 3.63) is 58.9 Å². The lowest BCUT2D eigenvalue weighted by atomic mass is 10.2. The molecule has 0 spiro atoms. The Labute approximate surface area is 116 Å². The first kappa shape index (κ1) is 13.5. The number of carbonyl (C=O) groups is 1. The first-order chi connectivity index (χ1) is 9.08. The average molecular weight is 276 g/mol. The Morgan fingerprint density at radius 2 is 2.11 bits per heavy atom. The van der Waals surface area contributed by atoms with Gasteiger partial charge in [-0.05, 0) is 38.1 Å². The van der Waals surface area contributed by atoms with E-state index in [1.165, 1.54) is 10.8 Å². The number of pyridine rings is 2. The Hall–Kier alpha value is -1.94. The quantitative estimate of drug-likeness (QED) is 0.791. The molecule has 0 aliphatic rings. The molecule has 0 fully saturated rings. The number of hydrogen-bond donors (Lipinski definition) is 0. The van der Waals surface area contributed by atoms with E-state index in [1.807, 2.05) is 19.9 Å². The Kier molecular flexibility index (Phi) is 4.12. The third-order valence-electron chi connectivity index (χ3n) is 2.42. The van der Waals surface area contributed by atoms with Crippen LogP contribution in [0.5, 0.6) is 0 Å². The van der Waals surface area contributed by atoms with E-state index in [0.717, 1.165) is 0 Å². The van der Waals surface area contributed by atoms with Crippen LogP contribution in [0, 0.1) is 0 Å². The second-order valence-corrected chi connectivity index (χ2v) is 4.71. The number of aromatic nitrogens is 2. The predicted molar refractivity (Wildman–Crippen MR) is 74.1 cm³/mol. The number of nitrogens with zero attached hydrogens (tertiary/aromatic N) is 3. The Morgan fingerprint density at radius 1 is 1.32 bits per heavy atom. The maximum atomic E-state index is 12.4. The van der Waals surface area contributed by atoms with E-state index < -0.39 is 0 Å². The van der Waals surface area contributed by atoms with Gasteiger partial charge in [-0.3, -0.25) is 14.4 Å². The third-order valence-corrected chi connectivity index (χ3v) is 2.65. The number of hydrogen-bond acceptors (Lipinski definition) is 3. The average Bonchev–Trinajstić information content (AvgIpc) is 2.39. The molecular formula is C14H14ClN3O. The lowest BCUT2D eigenvalue weighted by Gasteiger charge is -2.06. The molecule has 0 aliphatic carbocycles. The summed E-state index contributed by atoms with van der Waals surface area (Å²) >= 11 is 5.71. The van der Waals surface area contributed by atoms with Crippen LogP contribution in [-0.4, -0.2) is 21.5 Å². The highest BCUT2D eigenvalue weighted by Gasteiger charge is 2.09. The first-order valence-electron chi connectivity index (χ1n) is 5.95. The predicted octanol–water partition coefficient (Wildman–Crippen LogP) is 2.53. The van der Waals surface area contributed by atoms with Crippen LogP contribution in [-0.2, 0) is 0 Å². The molecule has 2 rings (SSSR count). The molecule has 0 amide bonds. The minimum absolute atomic E-state index is 0.116. The van der Waals surface area contributed by atoms with Crippen LogP contribution < -0.4 is 5.49 Å². The van der Waals surface area contributed by atoms with Crippen molar-refractivity contribution in [2.75, 3.05) is 0 Å². The maximum Gasteiger partial charge on any atom is 0.265 e. The summed E-state index contributed by atoms with van der Waals surface area (Å²) in [6.45, 7) is 3.93. The molecule has 0 bridgehead atoms. The molecule has 0 aromatic carbocycles. The fraction of sp³-hybridized carbons (Fsp3) is 0.214. The normalized spacial score (nSPS) is 11.9. The molecule has 98 valence electrons. The van der Waals surface area contributed by atoms with Gasteiger partial charge in [-0.15, -0.1) is 0 Å². The lowest BCUT2D eigenvalue weighted by molar-refractivity contribution is 0.0954. The molecule has 4 nitrogen and oxygen atoms in total. The smallest absolute Gasteiger partial charge is 0.265 e. The van der Waals surface area contributed by atoms with Crippen LogP contribution in [0.15, 0.2) is 47.7 Å². The van der Waals surface area contributed by atoms with E-state index in [0.29, 0.717) is 16.2 Å². The van der Waals surface area contributed by atoms with E-state index in [4.69, 9.17) is 11.6 Å². The summed E-state index contributed by atoms with van der Waals surface area (Å²) in [7, 11) is 0. The van der Waals surface area contributed by atoms with Gasteiger partial charge in [0.25, 0.3) is 5.91 Å². The minimum atomic E-state index is -0.177. The Bertz CT molecular complexity index is 644. The molecule has 2 aromatic rings. The highest BCUT2D eigenvalue weighted by molar-refractivity contribution is 6.29. The molecule has 0 radical (unpaired) electrons. The summed E-state index contributed by atoms with van der Waals surface area (Å²) in [5, 5.41) is 0.363. The van der Waals surface area contributed by atoms with Gasteiger partial charge >= 0.3 is 0 Å². The molecule has 0 saturated heterocycles. The molecular weight excluding hydrogens is 262 g/mol. The van der Waals surface area contributed by atoms with E-state index in [2.05, 4.69) is 9.98 Å². The van der Waals surface area contributed by atoms with Crippen molar-refractivity contribution in [1.82, 2.24) is 9.55 Å². The van der Waals surface area contributed by atoms with Crippen molar-refractivity contribution < 1.29 is 4.79 Å². The van der Waals surface area contributed by atoms with Gasteiger partial charge in [-0.1, -0.05) is 17.7 Å². The Balaban J connectivity index is 2.48. The number of carbonyl (C=O) groups excluding carboxylic acids is 1. The highest BCUT2D eigenvalue weighted by atomic mass is 35.5. The van der Waals surface area contributed by atoms with Gasteiger partial charge < -0.3 is 0 Å². The van der Waals surface area contributed by atoms with Crippen LogP contribution in [0.2, 0.25) is 5.15 Å². The summed E-state index contributed by atoms with van der Waals surface area (Å²) in [6.07, 6.45) is 3.15. The van der Waals surface area contributed by atoms with E-state index >= 15 is 0 Å². The molecule has 0 unspecified atom stereocenters.